The van der Waals surface area contributed by atoms with Gasteiger partial charge in [-0.05, 0) is 36.6 Å². The second kappa shape index (κ2) is 5.31. The van der Waals surface area contributed by atoms with E-state index in [4.69, 9.17) is 10.6 Å². The molecule has 2 aromatic carbocycles. The second-order valence-corrected chi connectivity index (χ2v) is 6.82. The van der Waals surface area contributed by atoms with Gasteiger partial charge in [0, 0.05) is 16.5 Å². The van der Waals surface area contributed by atoms with Crippen LogP contribution in [-0.2, 0) is 15.0 Å². The lowest BCUT2D eigenvalue weighted by molar-refractivity contribution is -0.119. The SMILES string of the molecule is COc1ccc2c(c1-c1ccc3cn[nH]c3c1)C1(CC1)C(=O)N2C(=O)ON. The van der Waals surface area contributed by atoms with E-state index in [9.17, 15) is 9.59 Å². The molecule has 0 saturated heterocycles. The van der Waals surface area contributed by atoms with Gasteiger partial charge in [0.1, 0.15) is 5.75 Å². The smallest absolute Gasteiger partial charge is 0.440 e. The maximum absolute atomic E-state index is 13.0. The van der Waals surface area contributed by atoms with Crippen molar-refractivity contribution in [2.45, 2.75) is 18.3 Å². The number of rotatable bonds is 2. The van der Waals surface area contributed by atoms with E-state index in [1.165, 1.54) is 0 Å². The molecule has 0 unspecified atom stereocenters. The second-order valence-electron chi connectivity index (χ2n) is 6.82. The third-order valence-electron chi connectivity index (χ3n) is 5.46. The topological polar surface area (TPSA) is 111 Å². The van der Waals surface area contributed by atoms with Crippen LogP contribution in [0.5, 0.6) is 5.75 Å². The number of imide groups is 1. The minimum absolute atomic E-state index is 0.301. The summed E-state index contributed by atoms with van der Waals surface area (Å²) in [6.45, 7) is 0. The van der Waals surface area contributed by atoms with E-state index in [-0.39, 0.29) is 5.91 Å². The first-order valence-electron chi connectivity index (χ1n) is 8.51. The number of anilines is 1. The van der Waals surface area contributed by atoms with Crippen molar-refractivity contribution in [3.63, 3.8) is 0 Å². The van der Waals surface area contributed by atoms with Gasteiger partial charge in [-0.2, -0.15) is 11.0 Å². The van der Waals surface area contributed by atoms with Crippen molar-refractivity contribution in [1.82, 2.24) is 10.2 Å². The van der Waals surface area contributed by atoms with Gasteiger partial charge in [0.15, 0.2) is 0 Å². The highest BCUT2D eigenvalue weighted by Gasteiger charge is 2.62. The summed E-state index contributed by atoms with van der Waals surface area (Å²) in [5.74, 6) is 5.39. The highest BCUT2D eigenvalue weighted by molar-refractivity contribution is 6.23. The number of hydrogen-bond donors (Lipinski definition) is 2. The standard InChI is InChI=1S/C19H16N4O4/c1-26-14-5-4-13-16(19(6-7-19)17(24)23(13)18(25)27-20)15(14)10-2-3-11-9-21-22-12(11)8-10/h2-5,8-9H,6-7,20H2,1H3,(H,21,22). The predicted molar refractivity (Wildman–Crippen MR) is 97.1 cm³/mol. The van der Waals surface area contributed by atoms with E-state index in [0.29, 0.717) is 24.3 Å². The van der Waals surface area contributed by atoms with Crippen molar-refractivity contribution in [2.75, 3.05) is 12.0 Å². The number of aromatic amines is 1. The summed E-state index contributed by atoms with van der Waals surface area (Å²) in [5, 5.41) is 8.00. The Labute approximate surface area is 153 Å². The Morgan fingerprint density at radius 2 is 2.11 bits per heavy atom. The van der Waals surface area contributed by atoms with Crippen LogP contribution in [0.15, 0.2) is 36.5 Å². The van der Waals surface area contributed by atoms with Gasteiger partial charge in [0.05, 0.1) is 29.9 Å². The Morgan fingerprint density at radius 1 is 1.30 bits per heavy atom. The number of hydrogen-bond acceptors (Lipinski definition) is 6. The summed E-state index contributed by atoms with van der Waals surface area (Å²) in [5.41, 5.74) is 3.10. The van der Waals surface area contributed by atoms with Crippen LogP contribution < -0.4 is 15.5 Å². The van der Waals surface area contributed by atoms with Crippen molar-refractivity contribution in [3.8, 4) is 16.9 Å². The van der Waals surface area contributed by atoms with Gasteiger partial charge in [-0.3, -0.25) is 9.89 Å². The van der Waals surface area contributed by atoms with Crippen molar-refractivity contribution in [3.05, 3.63) is 42.1 Å². The highest BCUT2D eigenvalue weighted by atomic mass is 16.7. The molecule has 1 aromatic heterocycles. The summed E-state index contributed by atoms with van der Waals surface area (Å²) < 4.78 is 5.60. The molecule has 3 N–H and O–H groups in total. The van der Waals surface area contributed by atoms with Crippen molar-refractivity contribution in [1.29, 1.82) is 0 Å². The van der Waals surface area contributed by atoms with Crippen molar-refractivity contribution < 1.29 is 19.2 Å². The lowest BCUT2D eigenvalue weighted by Gasteiger charge is -2.17. The summed E-state index contributed by atoms with van der Waals surface area (Å²) in [4.78, 5) is 30.6. The van der Waals surface area contributed by atoms with E-state index < -0.39 is 11.5 Å². The predicted octanol–water partition coefficient (Wildman–Crippen LogP) is 2.63. The number of nitrogens with one attached hydrogen (secondary N) is 1. The number of H-pyrrole nitrogens is 1. The zero-order chi connectivity index (χ0) is 18.8. The highest BCUT2D eigenvalue weighted by Crippen LogP contribution is 2.61. The molecule has 1 aliphatic carbocycles. The van der Waals surface area contributed by atoms with Crippen LogP contribution in [0, 0.1) is 0 Å². The lowest BCUT2D eigenvalue weighted by atomic mass is 9.88. The van der Waals surface area contributed by atoms with Gasteiger partial charge in [-0.1, -0.05) is 12.1 Å². The van der Waals surface area contributed by atoms with Crippen molar-refractivity contribution >= 4 is 28.6 Å². The van der Waals surface area contributed by atoms with Crippen LogP contribution in [-0.4, -0.2) is 29.3 Å². The minimum Gasteiger partial charge on any atom is -0.496 e. The number of amides is 2. The van der Waals surface area contributed by atoms with E-state index in [0.717, 1.165) is 32.5 Å². The van der Waals surface area contributed by atoms with Crippen LogP contribution in [0.3, 0.4) is 0 Å². The van der Waals surface area contributed by atoms with E-state index >= 15 is 0 Å². The zero-order valence-corrected chi connectivity index (χ0v) is 14.5. The Hall–Kier alpha value is -3.39. The normalized spacial score (nSPS) is 16.7. The molecule has 0 atom stereocenters. The van der Waals surface area contributed by atoms with Gasteiger partial charge < -0.3 is 9.57 Å². The van der Waals surface area contributed by atoms with E-state index in [2.05, 4.69) is 15.0 Å². The van der Waals surface area contributed by atoms with E-state index in [1.54, 1.807) is 25.4 Å². The molecule has 8 heteroatoms. The van der Waals surface area contributed by atoms with Gasteiger partial charge in [0.2, 0.25) is 5.91 Å². The maximum atomic E-state index is 13.0. The number of ether oxygens (including phenoxy) is 1. The minimum atomic E-state index is -0.884. The third-order valence-corrected chi connectivity index (χ3v) is 5.46. The molecule has 1 spiro atoms. The molecule has 5 rings (SSSR count). The molecule has 1 saturated carbocycles. The molecule has 27 heavy (non-hydrogen) atoms. The number of methoxy groups -OCH3 is 1. The fourth-order valence-electron chi connectivity index (χ4n) is 4.05. The molecule has 2 aliphatic rings. The zero-order valence-electron chi connectivity index (χ0n) is 14.5. The Morgan fingerprint density at radius 3 is 2.81 bits per heavy atom. The molecule has 8 nitrogen and oxygen atoms in total. The van der Waals surface area contributed by atoms with Crippen LogP contribution in [0.25, 0.3) is 22.0 Å². The molecule has 2 amide bonds. The largest absolute Gasteiger partial charge is 0.496 e. The summed E-state index contributed by atoms with van der Waals surface area (Å²) in [6, 6.07) is 9.33. The molecule has 1 fully saturated rings. The number of benzene rings is 2. The van der Waals surface area contributed by atoms with Crippen LogP contribution >= 0.6 is 0 Å². The first kappa shape index (κ1) is 15.8. The van der Waals surface area contributed by atoms with Gasteiger partial charge in [0.25, 0.3) is 0 Å². The number of aromatic nitrogens is 2. The average Bonchev–Trinajstić information content (AvgIpc) is 3.29. The number of carbonyl (C=O) groups is 2. The summed E-state index contributed by atoms with van der Waals surface area (Å²) in [6.07, 6.45) is 2.20. The average molecular weight is 364 g/mol. The summed E-state index contributed by atoms with van der Waals surface area (Å²) >= 11 is 0. The number of nitrogens with zero attached hydrogens (tertiary/aromatic N) is 2. The number of fused-ring (bicyclic) bond motifs is 3. The van der Waals surface area contributed by atoms with Gasteiger partial charge in [-0.15, -0.1) is 0 Å². The fraction of sp³-hybridized carbons (Fsp3) is 0.211. The first-order chi connectivity index (χ1) is 13.1. The van der Waals surface area contributed by atoms with E-state index in [1.807, 2.05) is 18.2 Å². The van der Waals surface area contributed by atoms with Crippen LogP contribution in [0.1, 0.15) is 18.4 Å². The molecule has 3 aromatic rings. The molecular formula is C19H16N4O4. The number of nitrogens with two attached hydrogens (primary N) is 1. The maximum Gasteiger partial charge on any atom is 0.440 e. The van der Waals surface area contributed by atoms with Gasteiger partial charge >= 0.3 is 6.09 Å². The molecule has 2 heterocycles. The molecule has 1 aliphatic heterocycles. The van der Waals surface area contributed by atoms with Crippen LogP contribution in [0.4, 0.5) is 10.5 Å². The van der Waals surface area contributed by atoms with Gasteiger partial charge in [-0.25, -0.2) is 9.69 Å². The molecular weight excluding hydrogens is 348 g/mol. The fourth-order valence-corrected chi connectivity index (χ4v) is 4.05. The lowest BCUT2D eigenvalue weighted by Crippen LogP contribution is -2.38. The Kier molecular flexibility index (Phi) is 3.11. The first-order valence-corrected chi connectivity index (χ1v) is 8.51. The Bertz CT molecular complexity index is 1120. The third kappa shape index (κ3) is 1.98. The molecule has 0 bridgehead atoms. The number of carbonyl (C=O) groups excluding carboxylic acids is 2. The summed E-state index contributed by atoms with van der Waals surface area (Å²) in [7, 11) is 1.59. The molecule has 136 valence electrons. The van der Waals surface area contributed by atoms with Crippen molar-refractivity contribution in [2.24, 2.45) is 5.90 Å². The monoisotopic (exact) mass is 364 g/mol. The van der Waals surface area contributed by atoms with Crippen LogP contribution in [0.2, 0.25) is 0 Å². The quantitative estimate of drug-likeness (QED) is 0.676. The molecule has 0 radical (unpaired) electrons. The Balaban J connectivity index is 1.81.